The molecule has 1 N–H and O–H groups in total. The molecule has 2 rings (SSSR count). The number of nitrogens with one attached hydrogen (secondary N) is 1. The second kappa shape index (κ2) is 4.92. The molecule has 4 nitrogen and oxygen atoms in total. The fourth-order valence-electron chi connectivity index (χ4n) is 2.33. The Kier molecular flexibility index (Phi) is 3.52. The Hall–Kier alpha value is -1.29. The number of hydrogen-bond acceptors (Lipinski definition) is 3. The van der Waals surface area contributed by atoms with E-state index in [1.54, 1.807) is 6.26 Å². The zero-order valence-electron chi connectivity index (χ0n) is 10.6. The zero-order chi connectivity index (χ0) is 12.4. The van der Waals surface area contributed by atoms with E-state index in [0.717, 1.165) is 18.7 Å². The van der Waals surface area contributed by atoms with Gasteiger partial charge in [-0.2, -0.15) is 0 Å². The van der Waals surface area contributed by atoms with Gasteiger partial charge >= 0.3 is 0 Å². The van der Waals surface area contributed by atoms with Crippen LogP contribution in [0.4, 0.5) is 0 Å². The molecule has 2 unspecified atom stereocenters. The molecule has 1 aromatic rings. The van der Waals surface area contributed by atoms with Crippen LogP contribution in [0.2, 0.25) is 0 Å². The fourth-order valence-corrected chi connectivity index (χ4v) is 2.33. The monoisotopic (exact) mass is 236 g/mol. The lowest BCUT2D eigenvalue weighted by Crippen LogP contribution is -2.42. The van der Waals surface area contributed by atoms with Crippen LogP contribution >= 0.6 is 0 Å². The Morgan fingerprint density at radius 2 is 2.24 bits per heavy atom. The standard InChI is InChI=1S/C13H20N2O2/c1-9(2)14-11-6-7-15(13(11)16)10(3)12-5-4-8-17-12/h4-5,8-11,14H,6-7H2,1-3H3. The highest BCUT2D eigenvalue weighted by Gasteiger charge is 2.35. The minimum atomic E-state index is -0.0348. The third-order valence-corrected chi connectivity index (χ3v) is 3.20. The SMILES string of the molecule is CC(C)NC1CCN(C(C)c2ccco2)C1=O. The molecule has 4 heteroatoms. The Labute approximate surface area is 102 Å². The van der Waals surface area contributed by atoms with Gasteiger partial charge in [0.1, 0.15) is 5.76 Å². The zero-order valence-corrected chi connectivity index (χ0v) is 10.6. The number of hydrogen-bond donors (Lipinski definition) is 1. The smallest absolute Gasteiger partial charge is 0.240 e. The van der Waals surface area contributed by atoms with Crippen molar-refractivity contribution in [3.05, 3.63) is 24.2 Å². The predicted molar refractivity (Wildman–Crippen MR) is 65.5 cm³/mol. The average Bonchev–Trinajstić information content (AvgIpc) is 2.88. The van der Waals surface area contributed by atoms with Gasteiger partial charge in [-0.15, -0.1) is 0 Å². The van der Waals surface area contributed by atoms with Crippen molar-refractivity contribution in [3.63, 3.8) is 0 Å². The number of likely N-dealkylation sites (tertiary alicyclic amines) is 1. The van der Waals surface area contributed by atoms with E-state index in [9.17, 15) is 4.79 Å². The van der Waals surface area contributed by atoms with Gasteiger partial charge in [0.15, 0.2) is 0 Å². The molecule has 17 heavy (non-hydrogen) atoms. The van der Waals surface area contributed by atoms with Crippen molar-refractivity contribution in [1.82, 2.24) is 10.2 Å². The van der Waals surface area contributed by atoms with E-state index in [4.69, 9.17) is 4.42 Å². The van der Waals surface area contributed by atoms with Crippen molar-refractivity contribution in [1.29, 1.82) is 0 Å². The second-order valence-electron chi connectivity index (χ2n) is 4.89. The molecule has 0 spiro atoms. The summed E-state index contributed by atoms with van der Waals surface area (Å²) < 4.78 is 5.36. The molecule has 94 valence electrons. The molecule has 1 amide bonds. The van der Waals surface area contributed by atoms with Gasteiger partial charge in [0.25, 0.3) is 0 Å². The van der Waals surface area contributed by atoms with Crippen LogP contribution in [-0.2, 0) is 4.79 Å². The number of rotatable bonds is 4. The number of carbonyl (C=O) groups excluding carboxylic acids is 1. The van der Waals surface area contributed by atoms with E-state index < -0.39 is 0 Å². The molecule has 1 aliphatic rings. The normalized spacial score (nSPS) is 22.5. The van der Waals surface area contributed by atoms with E-state index >= 15 is 0 Å². The van der Waals surface area contributed by atoms with Crippen molar-refractivity contribution in [3.8, 4) is 0 Å². The van der Waals surface area contributed by atoms with Crippen molar-refractivity contribution >= 4 is 5.91 Å². The maximum absolute atomic E-state index is 12.2. The predicted octanol–water partition coefficient (Wildman–Crippen LogP) is 1.94. The number of furan rings is 1. The largest absolute Gasteiger partial charge is 0.467 e. The first-order chi connectivity index (χ1) is 8.09. The topological polar surface area (TPSA) is 45.5 Å². The van der Waals surface area contributed by atoms with E-state index in [-0.39, 0.29) is 18.0 Å². The summed E-state index contributed by atoms with van der Waals surface area (Å²) in [5, 5.41) is 3.30. The lowest BCUT2D eigenvalue weighted by molar-refractivity contribution is -0.131. The first kappa shape index (κ1) is 12.2. The van der Waals surface area contributed by atoms with Crippen LogP contribution in [0.5, 0.6) is 0 Å². The molecule has 0 saturated carbocycles. The summed E-state index contributed by atoms with van der Waals surface area (Å²) in [6.07, 6.45) is 2.53. The molecular weight excluding hydrogens is 216 g/mol. The minimum Gasteiger partial charge on any atom is -0.467 e. The Morgan fingerprint density at radius 3 is 2.82 bits per heavy atom. The molecule has 0 bridgehead atoms. The van der Waals surface area contributed by atoms with Crippen molar-refractivity contribution in [2.45, 2.75) is 45.3 Å². The maximum Gasteiger partial charge on any atom is 0.240 e. The quantitative estimate of drug-likeness (QED) is 0.869. The Balaban J connectivity index is 2.02. The lowest BCUT2D eigenvalue weighted by atomic mass is 10.2. The van der Waals surface area contributed by atoms with Gasteiger partial charge in [0.2, 0.25) is 5.91 Å². The van der Waals surface area contributed by atoms with Crippen LogP contribution in [0.15, 0.2) is 22.8 Å². The van der Waals surface area contributed by atoms with Crippen LogP contribution in [0, 0.1) is 0 Å². The highest BCUT2D eigenvalue weighted by atomic mass is 16.3. The summed E-state index contributed by atoms with van der Waals surface area (Å²) in [4.78, 5) is 14.1. The third-order valence-electron chi connectivity index (χ3n) is 3.20. The molecule has 1 aliphatic heterocycles. The molecule has 0 aliphatic carbocycles. The van der Waals surface area contributed by atoms with E-state index in [1.165, 1.54) is 0 Å². The number of amides is 1. The minimum absolute atomic E-state index is 0.0245. The van der Waals surface area contributed by atoms with Gasteiger partial charge in [0, 0.05) is 12.6 Å². The van der Waals surface area contributed by atoms with Crippen molar-refractivity contribution in [2.75, 3.05) is 6.54 Å². The summed E-state index contributed by atoms with van der Waals surface area (Å²) in [6.45, 7) is 6.93. The van der Waals surface area contributed by atoms with Gasteiger partial charge in [0.05, 0.1) is 18.3 Å². The molecule has 1 saturated heterocycles. The Bertz CT molecular complexity index is 373. The van der Waals surface area contributed by atoms with Crippen molar-refractivity contribution < 1.29 is 9.21 Å². The van der Waals surface area contributed by atoms with Crippen LogP contribution < -0.4 is 5.32 Å². The molecule has 0 aromatic carbocycles. The molecule has 0 radical (unpaired) electrons. The maximum atomic E-state index is 12.2. The number of carbonyl (C=O) groups is 1. The highest BCUT2D eigenvalue weighted by molar-refractivity contribution is 5.84. The van der Waals surface area contributed by atoms with Crippen molar-refractivity contribution in [2.24, 2.45) is 0 Å². The molecule has 1 fully saturated rings. The van der Waals surface area contributed by atoms with Gasteiger partial charge in [-0.3, -0.25) is 4.79 Å². The summed E-state index contributed by atoms with van der Waals surface area (Å²) in [6, 6.07) is 4.10. The van der Waals surface area contributed by atoms with Crippen LogP contribution in [0.3, 0.4) is 0 Å². The average molecular weight is 236 g/mol. The summed E-state index contributed by atoms with van der Waals surface area (Å²) >= 11 is 0. The van der Waals surface area contributed by atoms with E-state index in [0.29, 0.717) is 6.04 Å². The van der Waals surface area contributed by atoms with Gasteiger partial charge in [-0.25, -0.2) is 0 Å². The van der Waals surface area contributed by atoms with E-state index in [1.807, 2.05) is 24.0 Å². The summed E-state index contributed by atoms with van der Waals surface area (Å²) in [5.74, 6) is 1.03. The number of nitrogens with zero attached hydrogens (tertiary/aromatic N) is 1. The first-order valence-corrected chi connectivity index (χ1v) is 6.19. The second-order valence-corrected chi connectivity index (χ2v) is 4.89. The lowest BCUT2D eigenvalue weighted by Gasteiger charge is -2.23. The molecule has 2 atom stereocenters. The van der Waals surface area contributed by atoms with E-state index in [2.05, 4.69) is 19.2 Å². The summed E-state index contributed by atoms with van der Waals surface area (Å²) in [5.41, 5.74) is 0. The van der Waals surface area contributed by atoms with Crippen LogP contribution in [-0.4, -0.2) is 29.4 Å². The Morgan fingerprint density at radius 1 is 1.47 bits per heavy atom. The molecule has 2 heterocycles. The van der Waals surface area contributed by atoms with Gasteiger partial charge in [-0.05, 0) is 25.5 Å². The van der Waals surface area contributed by atoms with Gasteiger partial charge < -0.3 is 14.6 Å². The van der Waals surface area contributed by atoms with Gasteiger partial charge in [-0.1, -0.05) is 13.8 Å². The first-order valence-electron chi connectivity index (χ1n) is 6.19. The fraction of sp³-hybridized carbons (Fsp3) is 0.615. The molecular formula is C13H20N2O2. The third kappa shape index (κ3) is 2.52. The summed E-state index contributed by atoms with van der Waals surface area (Å²) in [7, 11) is 0. The van der Waals surface area contributed by atoms with Crippen LogP contribution in [0.1, 0.15) is 39.0 Å². The van der Waals surface area contributed by atoms with Crippen LogP contribution in [0.25, 0.3) is 0 Å². The highest BCUT2D eigenvalue weighted by Crippen LogP contribution is 2.26. The molecule has 1 aromatic heterocycles.